The molecule has 0 radical (unpaired) electrons. The minimum absolute atomic E-state index is 0.0226. The highest BCUT2D eigenvalue weighted by molar-refractivity contribution is 5.89. The molecule has 3 heterocycles. The monoisotopic (exact) mass is 325 g/mol. The third-order valence-electron chi connectivity index (χ3n) is 3.10. The van der Waals surface area contributed by atoms with Crippen LogP contribution in [-0.4, -0.2) is 35.9 Å². The molecule has 1 amide bonds. The van der Waals surface area contributed by atoms with Crippen LogP contribution in [-0.2, 0) is 6.18 Å². The Morgan fingerprint density at radius 1 is 1.39 bits per heavy atom. The summed E-state index contributed by atoms with van der Waals surface area (Å²) in [4.78, 5) is 17.1. The molecule has 0 saturated carbocycles. The third kappa shape index (κ3) is 2.56. The molecular formula is C12H10F3N7O. The Morgan fingerprint density at radius 3 is 2.65 bits per heavy atom. The molecule has 0 spiro atoms. The van der Waals surface area contributed by atoms with Gasteiger partial charge < -0.3 is 10.7 Å². The molecule has 0 bridgehead atoms. The van der Waals surface area contributed by atoms with Gasteiger partial charge in [-0.15, -0.1) is 0 Å². The minimum Gasteiger partial charge on any atom is -0.363 e. The molecule has 120 valence electrons. The Kier molecular flexibility index (Phi) is 3.20. The molecule has 0 aliphatic rings. The fourth-order valence-corrected chi connectivity index (χ4v) is 2.05. The number of nitrogens with zero attached hydrogens (tertiary/aromatic N) is 4. The summed E-state index contributed by atoms with van der Waals surface area (Å²) in [7, 11) is 0. The smallest absolute Gasteiger partial charge is 0.363 e. The van der Waals surface area contributed by atoms with E-state index in [0.717, 1.165) is 17.1 Å². The zero-order valence-corrected chi connectivity index (χ0v) is 11.6. The molecule has 3 aromatic heterocycles. The lowest BCUT2D eigenvalue weighted by Gasteiger charge is -2.04. The predicted octanol–water partition coefficient (Wildman–Crippen LogP) is 1.41. The van der Waals surface area contributed by atoms with E-state index in [1.165, 1.54) is 6.20 Å². The molecule has 0 aliphatic heterocycles. The van der Waals surface area contributed by atoms with Crippen molar-refractivity contribution in [2.75, 3.05) is 0 Å². The van der Waals surface area contributed by atoms with Gasteiger partial charge in [-0.2, -0.15) is 23.4 Å². The van der Waals surface area contributed by atoms with Crippen molar-refractivity contribution in [2.45, 2.75) is 13.1 Å². The Bertz CT molecular complexity index is 873. The maximum atomic E-state index is 13.2. The standard InChI is InChI=1S/C12H10F3N7O/c1-5-2-18-20-11(5)22-4-6(8(21-22)12(13,14)15)7-3-17-10(19-7)9(16)23/h2-4H,1H3,(H2,16,23)(H,17,19)(H,18,20). The van der Waals surface area contributed by atoms with Gasteiger partial charge in [-0.25, -0.2) is 9.67 Å². The molecule has 11 heteroatoms. The van der Waals surface area contributed by atoms with Gasteiger partial charge in [-0.1, -0.05) is 0 Å². The van der Waals surface area contributed by atoms with Gasteiger partial charge in [0.1, 0.15) is 0 Å². The van der Waals surface area contributed by atoms with Gasteiger partial charge in [0.2, 0.25) is 0 Å². The van der Waals surface area contributed by atoms with Crippen LogP contribution in [0.5, 0.6) is 0 Å². The molecule has 0 aliphatic carbocycles. The zero-order chi connectivity index (χ0) is 16.8. The predicted molar refractivity (Wildman–Crippen MR) is 71.5 cm³/mol. The number of rotatable bonds is 3. The first-order valence-electron chi connectivity index (χ1n) is 6.30. The average molecular weight is 325 g/mol. The van der Waals surface area contributed by atoms with E-state index in [0.29, 0.717) is 5.56 Å². The van der Waals surface area contributed by atoms with Crippen molar-refractivity contribution in [2.24, 2.45) is 5.73 Å². The number of hydrogen-bond donors (Lipinski definition) is 3. The summed E-state index contributed by atoms with van der Waals surface area (Å²) < 4.78 is 40.7. The number of H-pyrrole nitrogens is 2. The first-order chi connectivity index (χ1) is 10.8. The highest BCUT2D eigenvalue weighted by atomic mass is 19.4. The Labute approximate surface area is 126 Å². The maximum Gasteiger partial charge on any atom is 0.435 e. The molecular weight excluding hydrogens is 315 g/mol. The number of halogens is 3. The number of nitrogens with one attached hydrogen (secondary N) is 2. The van der Waals surface area contributed by atoms with Crippen molar-refractivity contribution in [3.05, 3.63) is 35.7 Å². The quantitative estimate of drug-likeness (QED) is 0.674. The number of carbonyl (C=O) groups excluding carboxylic acids is 1. The number of alkyl halides is 3. The van der Waals surface area contributed by atoms with Gasteiger partial charge in [-0.05, 0) is 6.92 Å². The van der Waals surface area contributed by atoms with Crippen molar-refractivity contribution in [1.82, 2.24) is 29.9 Å². The maximum absolute atomic E-state index is 13.2. The van der Waals surface area contributed by atoms with Crippen LogP contribution in [0.3, 0.4) is 0 Å². The average Bonchev–Trinajstić information content (AvgIpc) is 3.14. The van der Waals surface area contributed by atoms with Crippen LogP contribution >= 0.6 is 0 Å². The minimum atomic E-state index is -4.69. The van der Waals surface area contributed by atoms with E-state index in [-0.39, 0.29) is 22.9 Å². The highest BCUT2D eigenvalue weighted by Gasteiger charge is 2.38. The summed E-state index contributed by atoms with van der Waals surface area (Å²) in [6.07, 6.45) is -0.910. The molecule has 0 unspecified atom stereocenters. The van der Waals surface area contributed by atoms with E-state index in [4.69, 9.17) is 5.73 Å². The fourth-order valence-electron chi connectivity index (χ4n) is 2.05. The van der Waals surface area contributed by atoms with Crippen LogP contribution in [0.25, 0.3) is 17.1 Å². The lowest BCUT2D eigenvalue weighted by Crippen LogP contribution is -2.12. The van der Waals surface area contributed by atoms with Crippen molar-refractivity contribution in [3.8, 4) is 17.1 Å². The molecule has 3 rings (SSSR count). The number of aryl methyl sites for hydroxylation is 1. The molecule has 4 N–H and O–H groups in total. The van der Waals surface area contributed by atoms with Gasteiger partial charge in [0, 0.05) is 18.0 Å². The van der Waals surface area contributed by atoms with Crippen LogP contribution < -0.4 is 5.73 Å². The molecule has 3 aromatic rings. The molecule has 8 nitrogen and oxygen atoms in total. The second-order valence-corrected chi connectivity index (χ2v) is 4.74. The second-order valence-electron chi connectivity index (χ2n) is 4.74. The van der Waals surface area contributed by atoms with Crippen LogP contribution in [0.1, 0.15) is 21.9 Å². The van der Waals surface area contributed by atoms with E-state index >= 15 is 0 Å². The largest absolute Gasteiger partial charge is 0.435 e. The van der Waals surface area contributed by atoms with Crippen molar-refractivity contribution >= 4 is 5.91 Å². The molecule has 23 heavy (non-hydrogen) atoms. The van der Waals surface area contributed by atoms with Gasteiger partial charge in [-0.3, -0.25) is 9.89 Å². The van der Waals surface area contributed by atoms with Gasteiger partial charge in [0.05, 0.1) is 17.5 Å². The van der Waals surface area contributed by atoms with E-state index in [9.17, 15) is 18.0 Å². The number of amides is 1. The summed E-state index contributed by atoms with van der Waals surface area (Å²) in [5, 5.41) is 9.97. The lowest BCUT2D eigenvalue weighted by molar-refractivity contribution is -0.140. The Balaban J connectivity index is 2.16. The van der Waals surface area contributed by atoms with Crippen LogP contribution in [0.4, 0.5) is 13.2 Å². The van der Waals surface area contributed by atoms with Crippen molar-refractivity contribution < 1.29 is 18.0 Å². The zero-order valence-electron chi connectivity index (χ0n) is 11.6. The summed E-state index contributed by atoms with van der Waals surface area (Å²) in [5.74, 6) is -0.881. The first kappa shape index (κ1) is 14.8. The second kappa shape index (κ2) is 4.97. The SMILES string of the molecule is Cc1c[nH]nc1-n1cc(-c2cnc(C(N)=O)[nH]2)c(C(F)(F)F)n1. The number of primary amides is 1. The number of aromatic nitrogens is 6. The van der Waals surface area contributed by atoms with E-state index in [1.807, 2.05) is 0 Å². The molecule has 0 fully saturated rings. The molecule has 0 atom stereocenters. The number of nitrogens with two attached hydrogens (primary N) is 1. The number of imidazole rings is 1. The molecule has 0 aromatic carbocycles. The first-order valence-corrected chi connectivity index (χ1v) is 6.30. The van der Waals surface area contributed by atoms with E-state index in [1.54, 1.807) is 6.92 Å². The summed E-state index contributed by atoms with van der Waals surface area (Å²) in [6.45, 7) is 1.68. The number of carbonyl (C=O) groups is 1. The van der Waals surface area contributed by atoms with Crippen molar-refractivity contribution in [3.63, 3.8) is 0 Å². The van der Waals surface area contributed by atoms with Gasteiger partial charge in [0.25, 0.3) is 5.91 Å². The Hall–Kier alpha value is -3.11. The lowest BCUT2D eigenvalue weighted by atomic mass is 10.2. The van der Waals surface area contributed by atoms with E-state index in [2.05, 4.69) is 25.3 Å². The number of hydrogen-bond acceptors (Lipinski definition) is 4. The summed E-state index contributed by atoms with van der Waals surface area (Å²) in [5.41, 5.74) is 4.25. The molecule has 0 saturated heterocycles. The normalized spacial score (nSPS) is 11.8. The Morgan fingerprint density at radius 2 is 2.13 bits per heavy atom. The van der Waals surface area contributed by atoms with Gasteiger partial charge in [0.15, 0.2) is 17.3 Å². The summed E-state index contributed by atoms with van der Waals surface area (Å²) >= 11 is 0. The fraction of sp³-hybridized carbons (Fsp3) is 0.167. The third-order valence-corrected chi connectivity index (χ3v) is 3.10. The number of aromatic amines is 2. The van der Waals surface area contributed by atoms with Crippen LogP contribution in [0.15, 0.2) is 18.6 Å². The van der Waals surface area contributed by atoms with Gasteiger partial charge >= 0.3 is 6.18 Å². The highest BCUT2D eigenvalue weighted by Crippen LogP contribution is 2.36. The van der Waals surface area contributed by atoms with E-state index < -0.39 is 17.8 Å². The summed E-state index contributed by atoms with van der Waals surface area (Å²) in [6, 6.07) is 0. The topological polar surface area (TPSA) is 118 Å². The van der Waals surface area contributed by atoms with Crippen LogP contribution in [0, 0.1) is 6.92 Å². The van der Waals surface area contributed by atoms with Crippen molar-refractivity contribution in [1.29, 1.82) is 0 Å². The van der Waals surface area contributed by atoms with Crippen LogP contribution in [0.2, 0.25) is 0 Å².